The van der Waals surface area contributed by atoms with Crippen molar-refractivity contribution in [2.24, 2.45) is 7.05 Å². The molecule has 4 heteroatoms. The van der Waals surface area contributed by atoms with Crippen molar-refractivity contribution in [3.8, 4) is 5.75 Å². The van der Waals surface area contributed by atoms with Crippen molar-refractivity contribution in [2.45, 2.75) is 33.3 Å². The lowest BCUT2D eigenvalue weighted by Crippen LogP contribution is -2.03. The van der Waals surface area contributed by atoms with Gasteiger partial charge in [0.25, 0.3) is 0 Å². The fourth-order valence-corrected chi connectivity index (χ4v) is 2.30. The van der Waals surface area contributed by atoms with Crippen LogP contribution in [0, 0.1) is 0 Å². The van der Waals surface area contributed by atoms with Gasteiger partial charge in [-0.3, -0.25) is 4.68 Å². The van der Waals surface area contributed by atoms with E-state index in [0.29, 0.717) is 6.61 Å². The van der Waals surface area contributed by atoms with E-state index in [9.17, 15) is 0 Å². The molecular weight excluding hydrogens is 260 g/mol. The smallest absolute Gasteiger partial charge is 0.131 e. The standard InChI is InChI=1S/C15H19ClN2O/c1-4-11-6-8-12(9-7-11)19-10-14-15(16)13(5-2)17-18(14)3/h6-9H,4-5,10H2,1-3H3. The lowest BCUT2D eigenvalue weighted by Gasteiger charge is -2.07. The molecule has 0 saturated heterocycles. The second-order valence-electron chi connectivity index (χ2n) is 4.47. The highest BCUT2D eigenvalue weighted by Gasteiger charge is 2.13. The Balaban J connectivity index is 2.07. The van der Waals surface area contributed by atoms with Gasteiger partial charge in [0.2, 0.25) is 0 Å². The first-order valence-corrected chi connectivity index (χ1v) is 6.95. The van der Waals surface area contributed by atoms with E-state index in [2.05, 4.69) is 24.2 Å². The summed E-state index contributed by atoms with van der Waals surface area (Å²) in [5.41, 5.74) is 3.14. The molecule has 0 aliphatic rings. The Morgan fingerprint density at radius 1 is 1.16 bits per heavy atom. The van der Waals surface area contributed by atoms with Crippen molar-refractivity contribution in [3.63, 3.8) is 0 Å². The molecule has 0 radical (unpaired) electrons. The summed E-state index contributed by atoms with van der Waals surface area (Å²) in [5, 5.41) is 5.09. The molecule has 0 atom stereocenters. The maximum absolute atomic E-state index is 6.28. The molecule has 2 aromatic rings. The van der Waals surface area contributed by atoms with Gasteiger partial charge < -0.3 is 4.74 Å². The largest absolute Gasteiger partial charge is 0.487 e. The predicted molar refractivity (Wildman–Crippen MR) is 77.7 cm³/mol. The number of ether oxygens (including phenoxy) is 1. The molecule has 1 aromatic heterocycles. The average molecular weight is 279 g/mol. The first-order chi connectivity index (χ1) is 9.15. The third-order valence-corrected chi connectivity index (χ3v) is 3.65. The molecule has 3 nitrogen and oxygen atoms in total. The van der Waals surface area contributed by atoms with E-state index in [4.69, 9.17) is 16.3 Å². The van der Waals surface area contributed by atoms with E-state index < -0.39 is 0 Å². The summed E-state index contributed by atoms with van der Waals surface area (Å²) in [6.45, 7) is 4.62. The number of aryl methyl sites for hydroxylation is 3. The van der Waals surface area contributed by atoms with Crippen molar-refractivity contribution in [3.05, 3.63) is 46.2 Å². The third kappa shape index (κ3) is 3.10. The van der Waals surface area contributed by atoms with Gasteiger partial charge in [-0.25, -0.2) is 0 Å². The monoisotopic (exact) mass is 278 g/mol. The molecule has 0 aliphatic heterocycles. The molecule has 102 valence electrons. The van der Waals surface area contributed by atoms with Crippen molar-refractivity contribution in [1.82, 2.24) is 9.78 Å². The summed E-state index contributed by atoms with van der Waals surface area (Å²) in [6.07, 6.45) is 1.87. The van der Waals surface area contributed by atoms with Crippen molar-refractivity contribution >= 4 is 11.6 Å². The van der Waals surface area contributed by atoms with Crippen LogP contribution in [0.3, 0.4) is 0 Å². The summed E-state index contributed by atoms with van der Waals surface area (Å²) in [6, 6.07) is 8.14. The number of benzene rings is 1. The predicted octanol–water partition coefficient (Wildman–Crippen LogP) is 3.78. The summed E-state index contributed by atoms with van der Waals surface area (Å²) >= 11 is 6.28. The molecule has 19 heavy (non-hydrogen) atoms. The zero-order valence-electron chi connectivity index (χ0n) is 11.6. The van der Waals surface area contributed by atoms with Gasteiger partial charge in [0, 0.05) is 7.05 Å². The molecule has 0 amide bonds. The summed E-state index contributed by atoms with van der Waals surface area (Å²) in [7, 11) is 1.89. The molecule has 0 N–H and O–H groups in total. The van der Waals surface area contributed by atoms with Crippen LogP contribution in [0.2, 0.25) is 5.02 Å². The number of halogens is 1. The molecular formula is C15H19ClN2O. The van der Waals surface area contributed by atoms with Gasteiger partial charge >= 0.3 is 0 Å². The van der Waals surface area contributed by atoms with Gasteiger partial charge in [0.15, 0.2) is 0 Å². The Kier molecular flexibility index (Phi) is 4.48. The second kappa shape index (κ2) is 6.11. The minimum atomic E-state index is 0.438. The Bertz CT molecular complexity index is 546. The quantitative estimate of drug-likeness (QED) is 0.832. The van der Waals surface area contributed by atoms with Crippen LogP contribution in [-0.4, -0.2) is 9.78 Å². The lowest BCUT2D eigenvalue weighted by molar-refractivity contribution is 0.295. The van der Waals surface area contributed by atoms with Gasteiger partial charge in [0.1, 0.15) is 12.4 Å². The number of nitrogens with zero attached hydrogens (tertiary/aromatic N) is 2. The van der Waals surface area contributed by atoms with Crippen LogP contribution in [0.1, 0.15) is 30.8 Å². The zero-order chi connectivity index (χ0) is 13.8. The summed E-state index contributed by atoms with van der Waals surface area (Å²) in [4.78, 5) is 0. The summed E-state index contributed by atoms with van der Waals surface area (Å²) < 4.78 is 7.56. The molecule has 0 bridgehead atoms. The minimum Gasteiger partial charge on any atom is -0.487 e. The molecule has 0 spiro atoms. The number of aromatic nitrogens is 2. The topological polar surface area (TPSA) is 27.1 Å². The van der Waals surface area contributed by atoms with Crippen LogP contribution in [0.5, 0.6) is 5.75 Å². The molecule has 0 aliphatic carbocycles. The van der Waals surface area contributed by atoms with E-state index >= 15 is 0 Å². The molecule has 0 unspecified atom stereocenters. The van der Waals surface area contributed by atoms with E-state index in [1.165, 1.54) is 5.56 Å². The Morgan fingerprint density at radius 3 is 2.37 bits per heavy atom. The van der Waals surface area contributed by atoms with Crippen LogP contribution in [-0.2, 0) is 26.5 Å². The number of hydrogen-bond donors (Lipinski definition) is 0. The van der Waals surface area contributed by atoms with Crippen molar-refractivity contribution < 1.29 is 4.74 Å². The maximum Gasteiger partial charge on any atom is 0.131 e. The Hall–Kier alpha value is -1.48. The molecule has 1 aromatic carbocycles. The molecule has 0 fully saturated rings. The second-order valence-corrected chi connectivity index (χ2v) is 4.85. The van der Waals surface area contributed by atoms with Crippen molar-refractivity contribution in [1.29, 1.82) is 0 Å². The normalized spacial score (nSPS) is 10.7. The highest BCUT2D eigenvalue weighted by Crippen LogP contribution is 2.22. The first-order valence-electron chi connectivity index (χ1n) is 6.57. The molecule has 1 heterocycles. The van der Waals surface area contributed by atoms with Gasteiger partial charge in [-0.1, -0.05) is 37.6 Å². The number of hydrogen-bond acceptors (Lipinski definition) is 2. The first kappa shape index (κ1) is 13.9. The third-order valence-electron chi connectivity index (χ3n) is 3.21. The fourth-order valence-electron chi connectivity index (χ4n) is 1.95. The molecule has 2 rings (SSSR count). The molecule has 0 saturated carbocycles. The van der Waals surface area contributed by atoms with E-state index in [1.807, 2.05) is 26.1 Å². The highest BCUT2D eigenvalue weighted by molar-refractivity contribution is 6.31. The minimum absolute atomic E-state index is 0.438. The van der Waals surface area contributed by atoms with Crippen LogP contribution >= 0.6 is 11.6 Å². The lowest BCUT2D eigenvalue weighted by atomic mass is 10.2. The van der Waals surface area contributed by atoms with E-state index in [-0.39, 0.29) is 0 Å². The Morgan fingerprint density at radius 2 is 1.84 bits per heavy atom. The van der Waals surface area contributed by atoms with Crippen LogP contribution < -0.4 is 4.74 Å². The van der Waals surface area contributed by atoms with Gasteiger partial charge in [-0.15, -0.1) is 0 Å². The van der Waals surface area contributed by atoms with E-state index in [0.717, 1.165) is 35.0 Å². The van der Waals surface area contributed by atoms with Crippen LogP contribution in [0.25, 0.3) is 0 Å². The number of rotatable bonds is 5. The Labute approximate surface area is 119 Å². The summed E-state index contributed by atoms with van der Waals surface area (Å²) in [5.74, 6) is 0.854. The zero-order valence-corrected chi connectivity index (χ0v) is 12.4. The van der Waals surface area contributed by atoms with Crippen LogP contribution in [0.4, 0.5) is 0 Å². The fraction of sp³-hybridized carbons (Fsp3) is 0.400. The van der Waals surface area contributed by atoms with E-state index in [1.54, 1.807) is 4.68 Å². The van der Waals surface area contributed by atoms with Gasteiger partial charge in [-0.05, 0) is 30.5 Å². The van der Waals surface area contributed by atoms with Crippen LogP contribution in [0.15, 0.2) is 24.3 Å². The average Bonchev–Trinajstić information content (AvgIpc) is 2.72. The van der Waals surface area contributed by atoms with Gasteiger partial charge in [0.05, 0.1) is 16.4 Å². The maximum atomic E-state index is 6.28. The SMILES string of the molecule is CCc1ccc(OCc2c(Cl)c(CC)nn2C)cc1. The highest BCUT2D eigenvalue weighted by atomic mass is 35.5. The van der Waals surface area contributed by atoms with Gasteiger partial charge in [-0.2, -0.15) is 5.10 Å². The van der Waals surface area contributed by atoms with Crippen molar-refractivity contribution in [2.75, 3.05) is 0 Å².